The van der Waals surface area contributed by atoms with E-state index in [1.165, 1.54) is 4.31 Å². The van der Waals surface area contributed by atoms with Crippen molar-refractivity contribution >= 4 is 16.1 Å². The van der Waals surface area contributed by atoms with E-state index in [1.807, 2.05) is 42.5 Å². The Morgan fingerprint density at radius 2 is 1.81 bits per heavy atom. The van der Waals surface area contributed by atoms with E-state index < -0.39 is 22.2 Å². The normalized spacial score (nSPS) is 24.5. The molecule has 6 nitrogen and oxygen atoms in total. The van der Waals surface area contributed by atoms with Crippen molar-refractivity contribution in [2.45, 2.75) is 36.3 Å². The van der Waals surface area contributed by atoms with Crippen LogP contribution in [0.3, 0.4) is 0 Å². The van der Waals surface area contributed by atoms with Gasteiger partial charge in [-0.15, -0.1) is 0 Å². The number of fused-ring (bicyclic) bond motifs is 1. The summed E-state index contributed by atoms with van der Waals surface area (Å²) in [7, 11) is -3.61. The summed E-state index contributed by atoms with van der Waals surface area (Å²) in [5, 5.41) is 2.82. The lowest BCUT2D eigenvalue weighted by molar-refractivity contribution is 0.116. The second-order valence-corrected chi connectivity index (χ2v) is 8.86. The maximum Gasteiger partial charge on any atom is 0.407 e. The number of hydrogen-bond acceptors (Lipinski definition) is 4. The molecule has 2 atom stereocenters. The highest BCUT2D eigenvalue weighted by Crippen LogP contribution is 2.27. The SMILES string of the molecule is O=C1N[C@@H](Cc2ccccc2)[C@@H](CN2CCCc3ccccc3S2(=O)=O)O1. The second-order valence-electron chi connectivity index (χ2n) is 6.96. The molecule has 4 rings (SSSR count). The fraction of sp³-hybridized carbons (Fsp3) is 0.350. The summed E-state index contributed by atoms with van der Waals surface area (Å²) >= 11 is 0. The number of carbonyl (C=O) groups excluding carboxylic acids is 1. The second kappa shape index (κ2) is 7.32. The number of hydrogen-bond donors (Lipinski definition) is 1. The van der Waals surface area contributed by atoms with Crippen LogP contribution in [0.4, 0.5) is 4.79 Å². The fourth-order valence-electron chi connectivity index (χ4n) is 3.77. The predicted octanol–water partition coefficient (Wildman–Crippen LogP) is 2.34. The van der Waals surface area contributed by atoms with E-state index in [0.717, 1.165) is 24.0 Å². The molecule has 27 heavy (non-hydrogen) atoms. The summed E-state index contributed by atoms with van der Waals surface area (Å²) in [6.45, 7) is 0.579. The zero-order valence-corrected chi connectivity index (χ0v) is 15.7. The molecule has 2 aliphatic heterocycles. The van der Waals surface area contributed by atoms with Gasteiger partial charge in [0.2, 0.25) is 10.0 Å². The van der Waals surface area contributed by atoms with Crippen LogP contribution in [-0.4, -0.2) is 44.1 Å². The fourth-order valence-corrected chi connectivity index (χ4v) is 5.51. The molecule has 2 aliphatic rings. The molecule has 0 saturated carbocycles. The molecule has 142 valence electrons. The Morgan fingerprint density at radius 1 is 1.07 bits per heavy atom. The summed E-state index contributed by atoms with van der Waals surface area (Å²) in [6.07, 6.45) is 1.06. The summed E-state index contributed by atoms with van der Waals surface area (Å²) in [6, 6.07) is 16.7. The largest absolute Gasteiger partial charge is 0.443 e. The number of nitrogens with zero attached hydrogens (tertiary/aromatic N) is 1. The van der Waals surface area contributed by atoms with Gasteiger partial charge in [0.1, 0.15) is 6.10 Å². The van der Waals surface area contributed by atoms with Gasteiger partial charge < -0.3 is 10.1 Å². The minimum absolute atomic E-state index is 0.160. The van der Waals surface area contributed by atoms with E-state index in [-0.39, 0.29) is 12.6 Å². The highest BCUT2D eigenvalue weighted by Gasteiger charge is 2.39. The first kappa shape index (κ1) is 18.0. The zero-order chi connectivity index (χ0) is 18.9. The van der Waals surface area contributed by atoms with Crippen molar-refractivity contribution in [1.82, 2.24) is 9.62 Å². The first-order valence-corrected chi connectivity index (χ1v) is 10.6. The Kier molecular flexibility index (Phi) is 4.88. The minimum Gasteiger partial charge on any atom is -0.443 e. The van der Waals surface area contributed by atoms with Crippen molar-refractivity contribution in [1.29, 1.82) is 0 Å². The number of rotatable bonds is 4. The smallest absolute Gasteiger partial charge is 0.407 e. The van der Waals surface area contributed by atoms with Crippen LogP contribution in [0.5, 0.6) is 0 Å². The number of aryl methyl sites for hydroxylation is 1. The quantitative estimate of drug-likeness (QED) is 0.875. The highest BCUT2D eigenvalue weighted by molar-refractivity contribution is 7.89. The van der Waals surface area contributed by atoms with Crippen LogP contribution in [0.15, 0.2) is 59.5 Å². The topological polar surface area (TPSA) is 75.7 Å². The van der Waals surface area contributed by atoms with Gasteiger partial charge in [-0.1, -0.05) is 48.5 Å². The van der Waals surface area contributed by atoms with E-state index in [4.69, 9.17) is 4.74 Å². The third-order valence-electron chi connectivity index (χ3n) is 5.14. The van der Waals surface area contributed by atoms with Gasteiger partial charge in [-0.3, -0.25) is 0 Å². The van der Waals surface area contributed by atoms with E-state index in [9.17, 15) is 13.2 Å². The molecule has 1 N–H and O–H groups in total. The van der Waals surface area contributed by atoms with Gasteiger partial charge in [0, 0.05) is 6.54 Å². The molecular formula is C20H22N2O4S. The van der Waals surface area contributed by atoms with Crippen LogP contribution < -0.4 is 5.32 Å². The van der Waals surface area contributed by atoms with Crippen molar-refractivity contribution < 1.29 is 17.9 Å². The van der Waals surface area contributed by atoms with Gasteiger partial charge in [-0.05, 0) is 36.5 Å². The van der Waals surface area contributed by atoms with Crippen molar-refractivity contribution in [2.24, 2.45) is 0 Å². The molecule has 0 spiro atoms. The van der Waals surface area contributed by atoms with Crippen molar-refractivity contribution in [3.05, 3.63) is 65.7 Å². The van der Waals surface area contributed by atoms with Crippen LogP contribution in [0.25, 0.3) is 0 Å². The number of amides is 1. The number of ether oxygens (including phenoxy) is 1. The molecule has 1 saturated heterocycles. The van der Waals surface area contributed by atoms with Crippen LogP contribution in [0.2, 0.25) is 0 Å². The minimum atomic E-state index is -3.61. The van der Waals surface area contributed by atoms with Gasteiger partial charge in [-0.2, -0.15) is 4.31 Å². The maximum atomic E-state index is 13.1. The molecule has 2 aromatic carbocycles. The average Bonchev–Trinajstić information content (AvgIpc) is 2.94. The summed E-state index contributed by atoms with van der Waals surface area (Å²) in [5.74, 6) is 0. The number of carbonyl (C=O) groups is 1. The molecule has 1 fully saturated rings. The standard InChI is InChI=1S/C20H22N2O4S/c23-20-21-17(13-15-7-2-1-3-8-15)18(26-20)14-22-12-6-10-16-9-4-5-11-19(16)27(22,24)25/h1-5,7-9,11,17-18H,6,10,12-14H2,(H,21,23)/t17-,18+/m0/s1. The number of benzene rings is 2. The van der Waals surface area contributed by atoms with Gasteiger partial charge >= 0.3 is 6.09 Å². The van der Waals surface area contributed by atoms with Gasteiger partial charge in [-0.25, -0.2) is 13.2 Å². The lowest BCUT2D eigenvalue weighted by atomic mass is 10.0. The highest BCUT2D eigenvalue weighted by atomic mass is 32.2. The maximum absolute atomic E-state index is 13.1. The summed E-state index contributed by atoms with van der Waals surface area (Å²) in [5.41, 5.74) is 1.92. The summed E-state index contributed by atoms with van der Waals surface area (Å²) in [4.78, 5) is 12.2. The predicted molar refractivity (Wildman–Crippen MR) is 101 cm³/mol. The number of alkyl carbamates (subject to hydrolysis) is 1. The van der Waals surface area contributed by atoms with Crippen LogP contribution >= 0.6 is 0 Å². The molecule has 2 heterocycles. The Balaban J connectivity index is 1.56. The molecule has 0 aromatic heterocycles. The Morgan fingerprint density at radius 3 is 2.63 bits per heavy atom. The van der Waals surface area contributed by atoms with E-state index in [1.54, 1.807) is 12.1 Å². The summed E-state index contributed by atoms with van der Waals surface area (Å²) < 4.78 is 33.1. The lowest BCUT2D eigenvalue weighted by Gasteiger charge is -2.25. The molecule has 0 unspecified atom stereocenters. The average molecular weight is 386 g/mol. The van der Waals surface area contributed by atoms with Gasteiger partial charge in [0.25, 0.3) is 0 Å². The Labute approximate surface area is 159 Å². The first-order valence-electron chi connectivity index (χ1n) is 9.13. The van der Waals surface area contributed by atoms with Gasteiger partial charge in [0.15, 0.2) is 0 Å². The van der Waals surface area contributed by atoms with Gasteiger partial charge in [0.05, 0.1) is 17.5 Å². The Bertz CT molecular complexity index is 930. The monoisotopic (exact) mass is 386 g/mol. The Hall–Kier alpha value is -2.38. The number of cyclic esters (lactones) is 1. The van der Waals surface area contributed by atoms with E-state index in [2.05, 4.69) is 5.32 Å². The number of nitrogens with one attached hydrogen (secondary N) is 1. The molecule has 0 aliphatic carbocycles. The van der Waals surface area contributed by atoms with Crippen LogP contribution in [0.1, 0.15) is 17.5 Å². The number of sulfonamides is 1. The lowest BCUT2D eigenvalue weighted by Crippen LogP contribution is -2.43. The third kappa shape index (κ3) is 3.70. The van der Waals surface area contributed by atoms with Crippen LogP contribution in [0, 0.1) is 0 Å². The molecule has 1 amide bonds. The molecule has 2 aromatic rings. The first-order chi connectivity index (χ1) is 13.0. The molecular weight excluding hydrogens is 364 g/mol. The van der Waals surface area contributed by atoms with E-state index >= 15 is 0 Å². The zero-order valence-electron chi connectivity index (χ0n) is 14.9. The van der Waals surface area contributed by atoms with Crippen molar-refractivity contribution in [3.63, 3.8) is 0 Å². The third-order valence-corrected chi connectivity index (χ3v) is 7.10. The molecule has 0 radical (unpaired) electrons. The van der Waals surface area contributed by atoms with Crippen molar-refractivity contribution in [3.8, 4) is 0 Å². The van der Waals surface area contributed by atoms with Crippen LogP contribution in [-0.2, 0) is 27.6 Å². The molecule has 0 bridgehead atoms. The van der Waals surface area contributed by atoms with Crippen molar-refractivity contribution in [2.75, 3.05) is 13.1 Å². The molecule has 7 heteroatoms. The van der Waals surface area contributed by atoms with E-state index in [0.29, 0.717) is 17.9 Å².